The molecule has 1 N–H and O–H groups in total. The first-order valence-electron chi connectivity index (χ1n) is 7.32. The Hall–Kier alpha value is -0.930. The molecule has 2 rings (SSSR count). The summed E-state index contributed by atoms with van der Waals surface area (Å²) < 4.78 is 13.3. The third-order valence-corrected chi connectivity index (χ3v) is 4.15. The smallest absolute Gasteiger partial charge is 0.123 e. The Morgan fingerprint density at radius 2 is 2.21 bits per heavy atom. The molecule has 19 heavy (non-hydrogen) atoms. The van der Waals surface area contributed by atoms with Crippen LogP contribution < -0.4 is 5.32 Å². The minimum Gasteiger partial charge on any atom is -0.319 e. The first kappa shape index (κ1) is 14.5. The largest absolute Gasteiger partial charge is 0.319 e. The molecule has 1 aliphatic rings. The molecule has 0 aliphatic carbocycles. The summed E-state index contributed by atoms with van der Waals surface area (Å²) in [6.07, 6.45) is 2.39. The van der Waals surface area contributed by atoms with E-state index in [9.17, 15) is 4.39 Å². The van der Waals surface area contributed by atoms with Crippen LogP contribution in [-0.2, 0) is 0 Å². The number of aryl methyl sites for hydroxylation is 1. The molecular formula is C16H25FN2. The number of nitrogens with zero attached hydrogens (tertiary/aromatic N) is 1. The molecule has 1 aromatic carbocycles. The fraction of sp³-hybridized carbons (Fsp3) is 0.625. The van der Waals surface area contributed by atoms with Gasteiger partial charge in [-0.1, -0.05) is 13.0 Å². The molecule has 0 bridgehead atoms. The molecule has 3 heteroatoms. The predicted molar refractivity (Wildman–Crippen MR) is 77.8 cm³/mol. The lowest BCUT2D eigenvalue weighted by Gasteiger charge is -2.29. The van der Waals surface area contributed by atoms with Gasteiger partial charge in [-0.2, -0.15) is 0 Å². The number of hydrogen-bond acceptors (Lipinski definition) is 2. The van der Waals surface area contributed by atoms with Gasteiger partial charge in [-0.15, -0.1) is 0 Å². The van der Waals surface area contributed by atoms with E-state index in [1.54, 1.807) is 12.1 Å². The summed E-state index contributed by atoms with van der Waals surface area (Å²) in [4.78, 5) is 2.56. The van der Waals surface area contributed by atoms with Crippen molar-refractivity contribution in [3.05, 3.63) is 35.1 Å². The molecule has 2 atom stereocenters. The zero-order valence-electron chi connectivity index (χ0n) is 12.2. The van der Waals surface area contributed by atoms with Gasteiger partial charge in [0.1, 0.15) is 5.82 Å². The van der Waals surface area contributed by atoms with E-state index >= 15 is 0 Å². The van der Waals surface area contributed by atoms with Gasteiger partial charge in [0.25, 0.3) is 0 Å². The van der Waals surface area contributed by atoms with E-state index in [0.29, 0.717) is 12.0 Å². The number of nitrogens with one attached hydrogen (secondary N) is 1. The number of benzene rings is 1. The molecule has 0 aromatic heterocycles. The Morgan fingerprint density at radius 1 is 1.42 bits per heavy atom. The Kier molecular flexibility index (Phi) is 4.94. The average molecular weight is 264 g/mol. The normalized spacial score (nSPS) is 24.0. The van der Waals surface area contributed by atoms with Crippen LogP contribution >= 0.6 is 0 Å². The van der Waals surface area contributed by atoms with Crippen LogP contribution in [0.4, 0.5) is 4.39 Å². The molecule has 1 aliphatic heterocycles. The molecule has 106 valence electrons. The van der Waals surface area contributed by atoms with Crippen molar-refractivity contribution in [1.82, 2.24) is 10.2 Å². The zero-order valence-corrected chi connectivity index (χ0v) is 12.2. The lowest BCUT2D eigenvalue weighted by molar-refractivity contribution is 0.226. The van der Waals surface area contributed by atoms with Crippen molar-refractivity contribution < 1.29 is 4.39 Å². The minimum atomic E-state index is -0.133. The van der Waals surface area contributed by atoms with E-state index in [1.165, 1.54) is 18.4 Å². The summed E-state index contributed by atoms with van der Waals surface area (Å²) in [6.45, 7) is 7.56. The van der Waals surface area contributed by atoms with Crippen molar-refractivity contribution in [3.8, 4) is 0 Å². The van der Waals surface area contributed by atoms with Gasteiger partial charge in [-0.3, -0.25) is 4.90 Å². The van der Waals surface area contributed by atoms with Crippen LogP contribution in [-0.4, -0.2) is 31.6 Å². The highest BCUT2D eigenvalue weighted by Gasteiger charge is 2.34. The molecule has 0 spiro atoms. The first-order valence-corrected chi connectivity index (χ1v) is 7.32. The summed E-state index contributed by atoms with van der Waals surface area (Å²) in [5.41, 5.74) is 2.38. The second kappa shape index (κ2) is 6.49. The highest BCUT2D eigenvalue weighted by atomic mass is 19.1. The summed E-state index contributed by atoms with van der Waals surface area (Å²) >= 11 is 0. The fourth-order valence-electron chi connectivity index (χ4n) is 3.36. The van der Waals surface area contributed by atoms with E-state index < -0.39 is 0 Å². The monoisotopic (exact) mass is 264 g/mol. The van der Waals surface area contributed by atoms with Crippen LogP contribution in [0.2, 0.25) is 0 Å². The molecule has 1 fully saturated rings. The molecule has 1 heterocycles. The van der Waals surface area contributed by atoms with E-state index in [1.807, 2.05) is 20.0 Å². The van der Waals surface area contributed by atoms with E-state index in [2.05, 4.69) is 17.1 Å². The van der Waals surface area contributed by atoms with Crippen LogP contribution in [0, 0.1) is 18.7 Å². The van der Waals surface area contributed by atoms with Crippen molar-refractivity contribution >= 4 is 0 Å². The number of hydrogen-bond donors (Lipinski definition) is 1. The number of likely N-dealkylation sites (tertiary alicyclic amines) is 1. The number of halogens is 1. The molecule has 0 radical (unpaired) electrons. The van der Waals surface area contributed by atoms with Gasteiger partial charge in [0.05, 0.1) is 0 Å². The van der Waals surface area contributed by atoms with Gasteiger partial charge >= 0.3 is 0 Å². The quantitative estimate of drug-likeness (QED) is 0.879. The number of rotatable bonds is 5. The maximum absolute atomic E-state index is 13.3. The summed E-state index contributed by atoms with van der Waals surface area (Å²) in [5.74, 6) is 0.493. The molecule has 0 saturated carbocycles. The van der Waals surface area contributed by atoms with E-state index in [-0.39, 0.29) is 5.82 Å². The highest BCUT2D eigenvalue weighted by molar-refractivity contribution is 5.31. The topological polar surface area (TPSA) is 15.3 Å². The van der Waals surface area contributed by atoms with Gasteiger partial charge in [0.15, 0.2) is 0 Å². The maximum Gasteiger partial charge on any atom is 0.123 e. The second-order valence-electron chi connectivity index (χ2n) is 5.59. The van der Waals surface area contributed by atoms with Gasteiger partial charge in [0, 0.05) is 6.04 Å². The van der Waals surface area contributed by atoms with Crippen molar-refractivity contribution in [2.45, 2.75) is 32.7 Å². The Balaban J connectivity index is 2.29. The Morgan fingerprint density at radius 3 is 2.84 bits per heavy atom. The van der Waals surface area contributed by atoms with Crippen molar-refractivity contribution in [1.29, 1.82) is 0 Å². The molecule has 0 amide bonds. The molecule has 1 saturated heterocycles. The van der Waals surface area contributed by atoms with Gasteiger partial charge in [-0.05, 0) is 75.6 Å². The Bertz CT molecular complexity index is 405. The van der Waals surface area contributed by atoms with Crippen molar-refractivity contribution in [3.63, 3.8) is 0 Å². The molecule has 2 nitrogen and oxygen atoms in total. The molecule has 1 aromatic rings. The molecule has 2 unspecified atom stereocenters. The van der Waals surface area contributed by atoms with Crippen LogP contribution in [0.25, 0.3) is 0 Å². The Labute approximate surface area is 116 Å². The van der Waals surface area contributed by atoms with E-state index in [4.69, 9.17) is 0 Å². The van der Waals surface area contributed by atoms with Crippen LogP contribution in [0.3, 0.4) is 0 Å². The van der Waals surface area contributed by atoms with Gasteiger partial charge in [-0.25, -0.2) is 4.39 Å². The summed E-state index contributed by atoms with van der Waals surface area (Å²) in [7, 11) is 2.01. The van der Waals surface area contributed by atoms with Gasteiger partial charge in [0.2, 0.25) is 0 Å². The van der Waals surface area contributed by atoms with Crippen molar-refractivity contribution in [2.24, 2.45) is 5.92 Å². The SMILES string of the molecule is CCCN1CCC(CNC)C1c1ccc(F)cc1C. The third kappa shape index (κ3) is 3.15. The minimum absolute atomic E-state index is 0.133. The fourth-order valence-corrected chi connectivity index (χ4v) is 3.36. The maximum atomic E-state index is 13.3. The third-order valence-electron chi connectivity index (χ3n) is 4.15. The first-order chi connectivity index (χ1) is 9.17. The van der Waals surface area contributed by atoms with Crippen LogP contribution in [0.1, 0.15) is 36.9 Å². The summed E-state index contributed by atoms with van der Waals surface area (Å²) in [5, 5.41) is 3.30. The van der Waals surface area contributed by atoms with Crippen LogP contribution in [0.15, 0.2) is 18.2 Å². The highest BCUT2D eigenvalue weighted by Crippen LogP contribution is 2.38. The lowest BCUT2D eigenvalue weighted by atomic mass is 9.90. The lowest BCUT2D eigenvalue weighted by Crippen LogP contribution is -2.30. The summed E-state index contributed by atoms with van der Waals surface area (Å²) in [6, 6.07) is 5.68. The van der Waals surface area contributed by atoms with E-state index in [0.717, 1.165) is 25.2 Å². The van der Waals surface area contributed by atoms with Gasteiger partial charge < -0.3 is 5.32 Å². The second-order valence-corrected chi connectivity index (χ2v) is 5.59. The molecular weight excluding hydrogens is 239 g/mol. The zero-order chi connectivity index (χ0) is 13.8. The standard InChI is InChI=1S/C16H25FN2/c1-4-8-19-9-7-13(11-18-3)16(19)15-6-5-14(17)10-12(15)2/h5-6,10,13,16,18H,4,7-9,11H2,1-3H3. The average Bonchev–Trinajstić information content (AvgIpc) is 2.74. The predicted octanol–water partition coefficient (Wildman–Crippen LogP) is 3.13. The van der Waals surface area contributed by atoms with Crippen LogP contribution in [0.5, 0.6) is 0 Å². The van der Waals surface area contributed by atoms with Crippen molar-refractivity contribution in [2.75, 3.05) is 26.7 Å².